The fourth-order valence-electron chi connectivity index (χ4n) is 7.64. The Labute approximate surface area is 252 Å². The number of hydrogen-bond acceptors (Lipinski definition) is 6. The van der Waals surface area contributed by atoms with Crippen molar-refractivity contribution in [2.75, 3.05) is 44.2 Å². The number of aliphatic carboxylic acids is 1. The van der Waals surface area contributed by atoms with Crippen molar-refractivity contribution in [3.05, 3.63) is 29.3 Å². The molecule has 44 heavy (non-hydrogen) atoms. The van der Waals surface area contributed by atoms with Gasteiger partial charge < -0.3 is 19.6 Å². The van der Waals surface area contributed by atoms with Gasteiger partial charge in [-0.25, -0.2) is 4.79 Å². The Morgan fingerprint density at radius 2 is 1.59 bits per heavy atom. The number of carboxylic acids is 1. The second kappa shape index (κ2) is 12.6. The Hall–Kier alpha value is -2.74. The molecule has 1 atom stereocenters. The monoisotopic (exact) mass is 634 g/mol. The van der Waals surface area contributed by atoms with Gasteiger partial charge in [-0.3, -0.25) is 14.6 Å². The molecule has 0 unspecified atom stereocenters. The van der Waals surface area contributed by atoms with E-state index in [9.17, 15) is 41.0 Å². The van der Waals surface area contributed by atoms with Crippen molar-refractivity contribution in [1.29, 1.82) is 0 Å². The van der Waals surface area contributed by atoms with Crippen LogP contribution in [0.2, 0.25) is 0 Å². The average Bonchev–Trinajstić information content (AvgIpc) is 3.60. The number of aryl methyl sites for hydroxylation is 1. The maximum Gasteiger partial charge on any atom is 0.434 e. The van der Waals surface area contributed by atoms with Gasteiger partial charge in [-0.05, 0) is 88.6 Å². The second-order valence-electron chi connectivity index (χ2n) is 12.7. The van der Waals surface area contributed by atoms with Crippen molar-refractivity contribution in [3.63, 3.8) is 0 Å². The number of amides is 1. The number of benzene rings is 1. The Morgan fingerprint density at radius 3 is 2.20 bits per heavy atom. The first kappa shape index (κ1) is 32.6. The number of nitrogens with zero attached hydrogens (tertiary/aromatic N) is 4. The minimum atomic E-state index is -5.75. The molecule has 5 rings (SSSR count). The quantitative estimate of drug-likeness (QED) is 0.410. The molecular formula is C30H40F6N4O4. The van der Waals surface area contributed by atoms with E-state index < -0.39 is 36.6 Å². The maximum atomic E-state index is 12.9. The molecule has 4 aliphatic heterocycles. The van der Waals surface area contributed by atoms with Crippen molar-refractivity contribution in [3.8, 4) is 0 Å². The summed E-state index contributed by atoms with van der Waals surface area (Å²) in [6.45, 7) is 5.93. The summed E-state index contributed by atoms with van der Waals surface area (Å²) in [7, 11) is 0. The van der Waals surface area contributed by atoms with Crippen LogP contribution in [0.15, 0.2) is 18.2 Å². The molecule has 4 heterocycles. The zero-order valence-electron chi connectivity index (χ0n) is 24.8. The average molecular weight is 635 g/mol. The first-order chi connectivity index (χ1) is 20.7. The van der Waals surface area contributed by atoms with E-state index in [4.69, 9.17) is 0 Å². The topological polar surface area (TPSA) is 76.6 Å². The van der Waals surface area contributed by atoms with E-state index in [0.717, 1.165) is 80.0 Å². The molecule has 1 N–H and O–H groups in total. The summed E-state index contributed by atoms with van der Waals surface area (Å²) < 4.78 is 81.4. The van der Waals surface area contributed by atoms with Crippen LogP contribution in [0, 0.1) is 6.92 Å². The molecule has 14 heteroatoms. The van der Waals surface area contributed by atoms with Crippen LogP contribution >= 0.6 is 0 Å². The predicted molar refractivity (Wildman–Crippen MR) is 149 cm³/mol. The molecule has 0 bridgehead atoms. The third kappa shape index (κ3) is 6.90. The molecule has 4 saturated heterocycles. The van der Waals surface area contributed by atoms with Gasteiger partial charge in [-0.1, -0.05) is 12.1 Å². The SMILES string of the molecule is Cc1ccc(CN2CCCC23CCN(C(=O)OC(C(F)(F)F)C(F)(F)F)CC3)c(N2CCC(N3CCC[C@H]3C(=O)O)CC2)c1. The van der Waals surface area contributed by atoms with Crippen LogP contribution in [0.5, 0.6) is 0 Å². The first-order valence-corrected chi connectivity index (χ1v) is 15.3. The molecule has 4 aliphatic rings. The number of carbonyl (C=O) groups is 2. The summed E-state index contributed by atoms with van der Waals surface area (Å²) in [6.07, 6.45) is -11.3. The zero-order chi connectivity index (χ0) is 31.9. The van der Waals surface area contributed by atoms with Gasteiger partial charge in [0.25, 0.3) is 6.10 Å². The van der Waals surface area contributed by atoms with Gasteiger partial charge in [0, 0.05) is 50.0 Å². The van der Waals surface area contributed by atoms with Crippen LogP contribution in [0.3, 0.4) is 0 Å². The molecule has 0 aromatic heterocycles. The zero-order valence-corrected chi connectivity index (χ0v) is 24.8. The number of carboxylic acid groups (broad SMARTS) is 1. The number of anilines is 1. The summed E-state index contributed by atoms with van der Waals surface area (Å²) in [5, 5.41) is 9.62. The van der Waals surface area contributed by atoms with E-state index in [1.54, 1.807) is 0 Å². The predicted octanol–water partition coefficient (Wildman–Crippen LogP) is 5.57. The van der Waals surface area contributed by atoms with Crippen LogP contribution in [0.1, 0.15) is 62.5 Å². The van der Waals surface area contributed by atoms with E-state index in [2.05, 4.69) is 37.6 Å². The molecule has 1 aromatic carbocycles. The van der Waals surface area contributed by atoms with Crippen molar-refractivity contribution >= 4 is 17.7 Å². The van der Waals surface area contributed by atoms with E-state index in [-0.39, 0.29) is 24.7 Å². The van der Waals surface area contributed by atoms with Crippen LogP contribution in [0.4, 0.5) is 36.8 Å². The summed E-state index contributed by atoms with van der Waals surface area (Å²) in [4.78, 5) is 31.9. The molecule has 8 nitrogen and oxygen atoms in total. The van der Waals surface area contributed by atoms with Gasteiger partial charge in [-0.15, -0.1) is 0 Å². The molecule has 0 radical (unpaired) electrons. The second-order valence-corrected chi connectivity index (χ2v) is 12.7. The van der Waals surface area contributed by atoms with Crippen LogP contribution < -0.4 is 4.90 Å². The Morgan fingerprint density at radius 1 is 0.932 bits per heavy atom. The third-order valence-electron chi connectivity index (χ3n) is 9.96. The van der Waals surface area contributed by atoms with Gasteiger partial charge in [0.15, 0.2) is 0 Å². The number of piperidine rings is 2. The fourth-order valence-corrected chi connectivity index (χ4v) is 7.64. The van der Waals surface area contributed by atoms with Crippen molar-refractivity contribution in [1.82, 2.24) is 14.7 Å². The highest BCUT2D eigenvalue weighted by molar-refractivity contribution is 5.74. The standard InChI is InChI=1S/C30H40F6N4O4/c1-20-5-6-21(24(18-20)37-14-7-22(8-15-37)40-13-2-4-23(40)25(41)42)19-39-12-3-9-28(39)10-16-38(17-11-28)27(43)44-26(29(31,32)33)30(34,35)36/h5-6,18,22-23,26H,2-4,7-17,19H2,1H3,(H,41,42)/t23-/m0/s1. The molecule has 1 amide bonds. The number of alkyl halides is 6. The lowest BCUT2D eigenvalue weighted by atomic mass is 9.84. The summed E-state index contributed by atoms with van der Waals surface area (Å²) in [5.74, 6) is -0.750. The lowest BCUT2D eigenvalue weighted by Gasteiger charge is -2.45. The summed E-state index contributed by atoms with van der Waals surface area (Å²) >= 11 is 0. The number of hydrogen-bond donors (Lipinski definition) is 1. The Bertz CT molecular complexity index is 1180. The molecule has 0 saturated carbocycles. The molecule has 0 aliphatic carbocycles. The van der Waals surface area contributed by atoms with Crippen molar-refractivity contribution in [2.24, 2.45) is 0 Å². The van der Waals surface area contributed by atoms with E-state index in [1.165, 1.54) is 0 Å². The van der Waals surface area contributed by atoms with E-state index in [0.29, 0.717) is 25.8 Å². The van der Waals surface area contributed by atoms with Crippen molar-refractivity contribution < 1.29 is 45.8 Å². The minimum absolute atomic E-state index is 0.0138. The number of rotatable bonds is 6. The minimum Gasteiger partial charge on any atom is -0.480 e. The lowest BCUT2D eigenvalue weighted by molar-refractivity contribution is -0.308. The van der Waals surface area contributed by atoms with Gasteiger partial charge in [0.05, 0.1) is 0 Å². The van der Waals surface area contributed by atoms with Gasteiger partial charge in [0.1, 0.15) is 6.04 Å². The van der Waals surface area contributed by atoms with Gasteiger partial charge in [-0.2, -0.15) is 26.3 Å². The maximum absolute atomic E-state index is 12.9. The van der Waals surface area contributed by atoms with Crippen molar-refractivity contribution in [2.45, 2.75) is 101 Å². The van der Waals surface area contributed by atoms with Gasteiger partial charge >= 0.3 is 24.4 Å². The Kier molecular flexibility index (Phi) is 9.33. The first-order valence-electron chi connectivity index (χ1n) is 15.3. The highest BCUT2D eigenvalue weighted by Gasteiger charge is 2.60. The Balaban J connectivity index is 1.22. The van der Waals surface area contributed by atoms with E-state index in [1.807, 2.05) is 6.92 Å². The number of likely N-dealkylation sites (tertiary alicyclic amines) is 3. The molecule has 4 fully saturated rings. The number of carbonyl (C=O) groups excluding carboxylic acids is 1. The van der Waals surface area contributed by atoms with Crippen LogP contribution in [0.25, 0.3) is 0 Å². The fraction of sp³-hybridized carbons (Fsp3) is 0.733. The van der Waals surface area contributed by atoms with Gasteiger partial charge in [0.2, 0.25) is 0 Å². The normalized spacial score (nSPS) is 24.0. The lowest BCUT2D eigenvalue weighted by Crippen LogP contribution is -2.54. The highest BCUT2D eigenvalue weighted by atomic mass is 19.4. The molecular weight excluding hydrogens is 594 g/mol. The summed E-state index contributed by atoms with van der Waals surface area (Å²) in [6, 6.07) is 6.18. The smallest absolute Gasteiger partial charge is 0.434 e. The third-order valence-corrected chi connectivity index (χ3v) is 9.96. The number of ether oxygens (including phenoxy) is 1. The van der Waals surface area contributed by atoms with E-state index >= 15 is 0 Å². The van der Waals surface area contributed by atoms with Crippen LogP contribution in [-0.2, 0) is 16.1 Å². The molecule has 1 spiro atoms. The molecule has 1 aromatic rings. The summed E-state index contributed by atoms with van der Waals surface area (Å²) in [5.41, 5.74) is 3.09. The largest absolute Gasteiger partial charge is 0.480 e. The highest BCUT2D eigenvalue weighted by Crippen LogP contribution is 2.42. The molecule has 246 valence electrons. The van der Waals surface area contributed by atoms with Crippen LogP contribution in [-0.4, -0.2) is 107 Å². The number of halogens is 6.